The van der Waals surface area contributed by atoms with Gasteiger partial charge in [-0.25, -0.2) is 9.97 Å². The van der Waals surface area contributed by atoms with Crippen molar-refractivity contribution in [3.05, 3.63) is 48.9 Å². The van der Waals surface area contributed by atoms with E-state index in [0.29, 0.717) is 11.5 Å². The number of nitrogens with zero attached hydrogens (tertiary/aromatic N) is 3. The van der Waals surface area contributed by atoms with Crippen molar-refractivity contribution in [2.45, 2.75) is 4.90 Å². The summed E-state index contributed by atoms with van der Waals surface area (Å²) in [6.45, 7) is 0. The summed E-state index contributed by atoms with van der Waals surface area (Å²) in [5.74, 6) is 0.695. The Morgan fingerprint density at radius 1 is 1.15 bits per heavy atom. The number of aromatic amines is 1. The first kappa shape index (κ1) is 17.2. The van der Waals surface area contributed by atoms with E-state index in [4.69, 9.17) is 5.73 Å². The molecule has 2 aromatic carbocycles. The summed E-state index contributed by atoms with van der Waals surface area (Å²) >= 11 is 4.50. The minimum atomic E-state index is 0.656. The van der Waals surface area contributed by atoms with Gasteiger partial charge in [0.2, 0.25) is 0 Å². The van der Waals surface area contributed by atoms with E-state index in [9.17, 15) is 0 Å². The topological polar surface area (TPSA) is 95.5 Å². The van der Waals surface area contributed by atoms with Gasteiger partial charge in [0, 0.05) is 46.0 Å². The van der Waals surface area contributed by atoms with Gasteiger partial charge in [0.25, 0.3) is 0 Å². The SMILES string of the molecule is CNc1ccc(Nc2ncnc3cc(-c4cc[n+](C)[nH]4)c(N)cc23)cc1S. The maximum absolute atomic E-state index is 6.32. The largest absolute Gasteiger partial charge is 0.398 e. The second kappa shape index (κ2) is 6.81. The number of benzene rings is 2. The van der Waals surface area contributed by atoms with Crippen molar-refractivity contribution in [3.63, 3.8) is 0 Å². The first-order chi connectivity index (χ1) is 13.0. The van der Waals surface area contributed by atoms with Crippen molar-refractivity contribution in [3.8, 4) is 11.3 Å². The van der Waals surface area contributed by atoms with Crippen molar-refractivity contribution in [1.29, 1.82) is 0 Å². The Bertz CT molecular complexity index is 1140. The lowest BCUT2D eigenvalue weighted by atomic mass is 10.1. The normalized spacial score (nSPS) is 10.9. The number of fused-ring (bicyclic) bond motifs is 1. The fourth-order valence-electron chi connectivity index (χ4n) is 3.01. The van der Waals surface area contributed by atoms with Gasteiger partial charge in [-0.1, -0.05) is 0 Å². The Kier molecular flexibility index (Phi) is 4.33. The molecule has 2 aromatic heterocycles. The molecule has 27 heavy (non-hydrogen) atoms. The molecular formula is C19H20N7S+. The Morgan fingerprint density at radius 3 is 2.70 bits per heavy atom. The zero-order valence-electron chi connectivity index (χ0n) is 15.0. The number of nitrogens with one attached hydrogen (secondary N) is 3. The minimum absolute atomic E-state index is 0.656. The van der Waals surface area contributed by atoms with Gasteiger partial charge >= 0.3 is 0 Å². The number of aromatic nitrogens is 4. The highest BCUT2D eigenvalue weighted by Gasteiger charge is 2.13. The summed E-state index contributed by atoms with van der Waals surface area (Å²) < 4.78 is 1.87. The lowest BCUT2D eigenvalue weighted by Crippen LogP contribution is -2.28. The molecule has 0 fully saturated rings. The van der Waals surface area contributed by atoms with E-state index in [-0.39, 0.29) is 0 Å². The molecule has 0 amide bonds. The molecule has 0 aliphatic rings. The highest BCUT2D eigenvalue weighted by atomic mass is 32.1. The monoisotopic (exact) mass is 378 g/mol. The van der Waals surface area contributed by atoms with E-state index in [2.05, 4.69) is 38.3 Å². The summed E-state index contributed by atoms with van der Waals surface area (Å²) in [6, 6.07) is 11.7. The van der Waals surface area contributed by atoms with Crippen LogP contribution in [-0.4, -0.2) is 22.1 Å². The molecule has 0 aliphatic carbocycles. The number of nitrogens with two attached hydrogens (primary N) is 1. The van der Waals surface area contributed by atoms with E-state index in [1.165, 1.54) is 0 Å². The second-order valence-corrected chi connectivity index (χ2v) is 6.72. The Balaban J connectivity index is 1.76. The van der Waals surface area contributed by atoms with E-state index in [1.54, 1.807) is 6.33 Å². The third-order valence-corrected chi connectivity index (χ3v) is 4.76. The zero-order chi connectivity index (χ0) is 19.0. The highest BCUT2D eigenvalue weighted by Crippen LogP contribution is 2.32. The van der Waals surface area contributed by atoms with E-state index in [0.717, 1.165) is 38.4 Å². The summed E-state index contributed by atoms with van der Waals surface area (Å²) in [7, 11) is 3.80. The number of aryl methyl sites for hydroxylation is 1. The molecular weight excluding hydrogens is 358 g/mol. The average Bonchev–Trinajstić information content (AvgIpc) is 3.08. The van der Waals surface area contributed by atoms with Crippen LogP contribution in [0.1, 0.15) is 0 Å². The van der Waals surface area contributed by atoms with Gasteiger partial charge in [-0.15, -0.1) is 17.3 Å². The van der Waals surface area contributed by atoms with Crippen LogP contribution >= 0.6 is 12.6 Å². The molecule has 5 N–H and O–H groups in total. The first-order valence-electron chi connectivity index (χ1n) is 8.42. The number of hydrogen-bond acceptors (Lipinski definition) is 6. The van der Waals surface area contributed by atoms with Gasteiger partial charge in [-0.2, -0.15) is 5.10 Å². The van der Waals surface area contributed by atoms with Crippen molar-refractivity contribution >= 4 is 46.4 Å². The molecule has 7 nitrogen and oxygen atoms in total. The van der Waals surface area contributed by atoms with Crippen LogP contribution in [0.3, 0.4) is 0 Å². The smallest absolute Gasteiger partial charge is 0.195 e. The standard InChI is InChI=1S/C19H19N7S/c1-21-16-4-3-11(7-18(16)27)24-19-13-8-14(20)12(9-17(13)22-10-23-19)15-5-6-26(2)25-15/h3-10H,1-2H3,(H5,20,21,22,23,24,25,27)/p+1. The van der Waals surface area contributed by atoms with Crippen LogP contribution in [0, 0.1) is 0 Å². The number of thiol groups is 1. The molecule has 0 saturated heterocycles. The van der Waals surface area contributed by atoms with Crippen LogP contribution < -0.4 is 21.0 Å². The average molecular weight is 378 g/mol. The molecule has 0 spiro atoms. The maximum Gasteiger partial charge on any atom is 0.195 e. The molecule has 0 atom stereocenters. The van der Waals surface area contributed by atoms with Crippen LogP contribution in [0.25, 0.3) is 22.2 Å². The predicted octanol–water partition coefficient (Wildman–Crippen LogP) is 3.11. The molecule has 0 aliphatic heterocycles. The summed E-state index contributed by atoms with van der Waals surface area (Å²) in [5.41, 5.74) is 11.5. The van der Waals surface area contributed by atoms with Gasteiger partial charge in [0.1, 0.15) is 17.8 Å². The van der Waals surface area contributed by atoms with Crippen LogP contribution in [-0.2, 0) is 7.05 Å². The van der Waals surface area contributed by atoms with Crippen LogP contribution in [0.15, 0.2) is 53.8 Å². The number of rotatable bonds is 4. The fraction of sp³-hybridized carbons (Fsp3) is 0.105. The fourth-order valence-corrected chi connectivity index (χ4v) is 3.34. The van der Waals surface area contributed by atoms with Gasteiger partial charge in [0.05, 0.1) is 5.52 Å². The first-order valence-corrected chi connectivity index (χ1v) is 8.87. The molecule has 4 aromatic rings. The number of H-pyrrole nitrogens is 1. The Morgan fingerprint density at radius 2 is 2.00 bits per heavy atom. The molecule has 136 valence electrons. The third kappa shape index (κ3) is 3.26. The lowest BCUT2D eigenvalue weighted by Gasteiger charge is -2.12. The second-order valence-electron chi connectivity index (χ2n) is 6.24. The van der Waals surface area contributed by atoms with Crippen molar-refractivity contribution in [2.75, 3.05) is 23.4 Å². The van der Waals surface area contributed by atoms with Crippen molar-refractivity contribution in [1.82, 2.24) is 15.1 Å². The van der Waals surface area contributed by atoms with Crippen molar-refractivity contribution < 1.29 is 4.68 Å². The Hall–Kier alpha value is -3.26. The maximum atomic E-state index is 6.32. The minimum Gasteiger partial charge on any atom is -0.398 e. The van der Waals surface area contributed by atoms with Gasteiger partial charge < -0.3 is 16.4 Å². The molecule has 8 heteroatoms. The molecule has 0 radical (unpaired) electrons. The Labute approximate surface area is 162 Å². The summed E-state index contributed by atoms with van der Waals surface area (Å²) in [5, 5.41) is 10.5. The van der Waals surface area contributed by atoms with Crippen LogP contribution in [0.4, 0.5) is 22.9 Å². The zero-order valence-corrected chi connectivity index (χ0v) is 15.9. The number of hydrogen-bond donors (Lipinski definition) is 5. The van der Waals surface area contributed by atoms with Crippen molar-refractivity contribution in [2.24, 2.45) is 7.05 Å². The van der Waals surface area contributed by atoms with E-state index < -0.39 is 0 Å². The molecule has 0 unspecified atom stereocenters. The predicted molar refractivity (Wildman–Crippen MR) is 111 cm³/mol. The molecule has 4 rings (SSSR count). The lowest BCUT2D eigenvalue weighted by molar-refractivity contribution is -0.726. The highest BCUT2D eigenvalue weighted by molar-refractivity contribution is 7.80. The van der Waals surface area contributed by atoms with Crippen LogP contribution in [0.5, 0.6) is 0 Å². The van der Waals surface area contributed by atoms with E-state index >= 15 is 0 Å². The molecule has 0 saturated carbocycles. The van der Waals surface area contributed by atoms with Crippen LogP contribution in [0.2, 0.25) is 0 Å². The van der Waals surface area contributed by atoms with Gasteiger partial charge in [-0.05, 0) is 30.3 Å². The van der Waals surface area contributed by atoms with Gasteiger partial charge in [-0.3, -0.25) is 0 Å². The quantitative estimate of drug-likeness (QED) is 0.214. The third-order valence-electron chi connectivity index (χ3n) is 4.39. The molecule has 2 heterocycles. The number of anilines is 4. The summed E-state index contributed by atoms with van der Waals surface area (Å²) in [4.78, 5) is 9.65. The molecule has 0 bridgehead atoms. The summed E-state index contributed by atoms with van der Waals surface area (Å²) in [6.07, 6.45) is 3.48. The number of nitrogen functional groups attached to an aromatic ring is 1. The van der Waals surface area contributed by atoms with E-state index in [1.807, 2.05) is 61.4 Å². The van der Waals surface area contributed by atoms with Gasteiger partial charge in [0.15, 0.2) is 13.2 Å².